The first-order valence-corrected chi connectivity index (χ1v) is 8.24. The van der Waals surface area contributed by atoms with Crippen molar-refractivity contribution in [2.75, 3.05) is 11.9 Å². The third kappa shape index (κ3) is 5.50. The van der Waals surface area contributed by atoms with Crippen LogP contribution in [0.25, 0.3) is 6.08 Å². The van der Waals surface area contributed by atoms with Crippen LogP contribution in [0.4, 0.5) is 11.4 Å². The second kappa shape index (κ2) is 8.75. The van der Waals surface area contributed by atoms with Crippen LogP contribution in [-0.2, 0) is 14.3 Å². The minimum atomic E-state index is -0.763. The Hall–Kier alpha value is -3.48. The largest absolute Gasteiger partial charge is 0.452 e. The summed E-state index contributed by atoms with van der Waals surface area (Å²) in [5.41, 5.74) is 3.78. The van der Waals surface area contributed by atoms with E-state index in [0.29, 0.717) is 5.69 Å². The predicted octanol–water partition coefficient (Wildman–Crippen LogP) is 3.72. The zero-order valence-corrected chi connectivity index (χ0v) is 15.3. The maximum Gasteiger partial charge on any atom is 0.331 e. The van der Waals surface area contributed by atoms with Gasteiger partial charge in [-0.15, -0.1) is 0 Å². The van der Waals surface area contributed by atoms with Gasteiger partial charge in [-0.1, -0.05) is 29.8 Å². The van der Waals surface area contributed by atoms with Crippen molar-refractivity contribution in [2.45, 2.75) is 20.8 Å². The van der Waals surface area contributed by atoms with Gasteiger partial charge < -0.3 is 10.1 Å². The number of amides is 1. The molecule has 140 valence electrons. The van der Waals surface area contributed by atoms with Crippen molar-refractivity contribution in [3.8, 4) is 0 Å². The second-order valence-corrected chi connectivity index (χ2v) is 6.08. The first kappa shape index (κ1) is 19.8. The van der Waals surface area contributed by atoms with Gasteiger partial charge in [0, 0.05) is 17.8 Å². The van der Waals surface area contributed by atoms with Crippen LogP contribution in [0.2, 0.25) is 0 Å². The van der Waals surface area contributed by atoms with Crippen molar-refractivity contribution in [1.29, 1.82) is 0 Å². The van der Waals surface area contributed by atoms with Crippen molar-refractivity contribution in [2.24, 2.45) is 0 Å². The van der Waals surface area contributed by atoms with E-state index in [1.807, 2.05) is 32.9 Å². The number of ether oxygens (including phenoxy) is 1. The van der Waals surface area contributed by atoms with Gasteiger partial charge in [-0.2, -0.15) is 0 Å². The lowest BCUT2D eigenvalue weighted by molar-refractivity contribution is -0.385. The number of benzene rings is 2. The number of carbonyl (C=O) groups is 2. The van der Waals surface area contributed by atoms with E-state index in [4.69, 9.17) is 4.74 Å². The molecule has 0 radical (unpaired) electrons. The van der Waals surface area contributed by atoms with Crippen molar-refractivity contribution in [1.82, 2.24) is 0 Å². The number of anilines is 1. The summed E-state index contributed by atoms with van der Waals surface area (Å²) in [4.78, 5) is 34.2. The second-order valence-electron chi connectivity index (χ2n) is 6.08. The van der Waals surface area contributed by atoms with Crippen molar-refractivity contribution < 1.29 is 19.2 Å². The van der Waals surface area contributed by atoms with Gasteiger partial charge >= 0.3 is 5.97 Å². The highest BCUT2D eigenvalue weighted by Crippen LogP contribution is 2.22. The Morgan fingerprint density at radius 3 is 2.41 bits per heavy atom. The molecule has 2 rings (SSSR count). The fourth-order valence-corrected chi connectivity index (χ4v) is 2.69. The lowest BCUT2D eigenvalue weighted by Crippen LogP contribution is -2.21. The average molecular weight is 368 g/mol. The Morgan fingerprint density at radius 2 is 1.78 bits per heavy atom. The smallest absolute Gasteiger partial charge is 0.331 e. The zero-order chi connectivity index (χ0) is 20.0. The molecule has 7 heteroatoms. The minimum Gasteiger partial charge on any atom is -0.452 e. The normalized spacial score (nSPS) is 10.6. The SMILES string of the molecule is Cc1cc(C)c(NC(=O)COC(=O)/C=C/c2ccccc2[N+](=O)[O-])c(C)c1. The Balaban J connectivity index is 1.94. The van der Waals surface area contributed by atoms with E-state index in [0.717, 1.165) is 22.8 Å². The molecule has 0 heterocycles. The molecule has 27 heavy (non-hydrogen) atoms. The van der Waals surface area contributed by atoms with Crippen LogP contribution < -0.4 is 5.32 Å². The molecule has 1 N–H and O–H groups in total. The molecule has 1 amide bonds. The van der Waals surface area contributed by atoms with E-state index in [2.05, 4.69) is 5.32 Å². The molecule has 7 nitrogen and oxygen atoms in total. The van der Waals surface area contributed by atoms with Crippen LogP contribution in [-0.4, -0.2) is 23.4 Å². The average Bonchev–Trinajstić information content (AvgIpc) is 2.61. The minimum absolute atomic E-state index is 0.121. The molecule has 0 aromatic heterocycles. The van der Waals surface area contributed by atoms with E-state index in [1.165, 1.54) is 24.3 Å². The summed E-state index contributed by atoms with van der Waals surface area (Å²) in [6.07, 6.45) is 2.34. The summed E-state index contributed by atoms with van der Waals surface area (Å²) in [5.74, 6) is -1.22. The summed E-state index contributed by atoms with van der Waals surface area (Å²) in [6.45, 7) is 5.29. The molecule has 0 unspecified atom stereocenters. The molecule has 0 saturated heterocycles. The molecule has 0 bridgehead atoms. The molecule has 0 saturated carbocycles. The number of aryl methyl sites for hydroxylation is 3. The van der Waals surface area contributed by atoms with E-state index < -0.39 is 23.4 Å². The van der Waals surface area contributed by atoms with Gasteiger partial charge in [0.25, 0.3) is 11.6 Å². The number of nitro groups is 1. The lowest BCUT2D eigenvalue weighted by atomic mass is 10.1. The predicted molar refractivity (Wildman–Crippen MR) is 102 cm³/mol. The summed E-state index contributed by atoms with van der Waals surface area (Å²) in [7, 11) is 0. The van der Waals surface area contributed by atoms with Crippen molar-refractivity contribution >= 4 is 29.3 Å². The number of nitrogens with zero attached hydrogens (tertiary/aromatic N) is 1. The summed E-state index contributed by atoms with van der Waals surface area (Å²) in [5, 5.41) is 13.7. The van der Waals surface area contributed by atoms with Crippen molar-refractivity contribution in [3.63, 3.8) is 0 Å². The number of esters is 1. The third-order valence-electron chi connectivity index (χ3n) is 3.82. The fourth-order valence-electron chi connectivity index (χ4n) is 2.69. The highest BCUT2D eigenvalue weighted by molar-refractivity contribution is 5.95. The lowest BCUT2D eigenvalue weighted by Gasteiger charge is -2.12. The van der Waals surface area contributed by atoms with Crippen molar-refractivity contribution in [3.05, 3.63) is 74.8 Å². The van der Waals surface area contributed by atoms with Crippen LogP contribution >= 0.6 is 0 Å². The third-order valence-corrected chi connectivity index (χ3v) is 3.82. The van der Waals surface area contributed by atoms with E-state index in [9.17, 15) is 19.7 Å². The van der Waals surface area contributed by atoms with Crippen LogP contribution in [0.5, 0.6) is 0 Å². The molecular weight excluding hydrogens is 348 g/mol. The van der Waals surface area contributed by atoms with Gasteiger partial charge in [-0.25, -0.2) is 4.79 Å². The number of carbonyl (C=O) groups excluding carboxylic acids is 2. The maximum atomic E-state index is 12.0. The highest BCUT2D eigenvalue weighted by atomic mass is 16.6. The molecule has 0 aliphatic carbocycles. The maximum absolute atomic E-state index is 12.0. The van der Waals surface area contributed by atoms with E-state index in [-0.39, 0.29) is 11.3 Å². The Labute approximate surface area is 156 Å². The Kier molecular flexibility index (Phi) is 6.43. The van der Waals surface area contributed by atoms with Crippen LogP contribution in [0.15, 0.2) is 42.5 Å². The van der Waals surface area contributed by atoms with E-state index in [1.54, 1.807) is 6.07 Å². The van der Waals surface area contributed by atoms with Gasteiger partial charge in [-0.05, 0) is 44.0 Å². The number of hydrogen-bond acceptors (Lipinski definition) is 5. The topological polar surface area (TPSA) is 98.5 Å². The molecule has 2 aromatic carbocycles. The number of nitrogens with one attached hydrogen (secondary N) is 1. The number of hydrogen-bond donors (Lipinski definition) is 1. The van der Waals surface area contributed by atoms with Gasteiger partial charge in [0.1, 0.15) is 0 Å². The summed E-state index contributed by atoms with van der Waals surface area (Å²) in [6, 6.07) is 9.90. The number of rotatable bonds is 6. The number of nitro benzene ring substituents is 1. The standard InChI is InChI=1S/C20H20N2O5/c1-13-10-14(2)20(15(3)11-13)21-18(23)12-27-19(24)9-8-16-6-4-5-7-17(16)22(25)26/h4-11H,12H2,1-3H3,(H,21,23)/b9-8+. The fraction of sp³-hybridized carbons (Fsp3) is 0.200. The van der Waals surface area contributed by atoms with Gasteiger partial charge in [0.2, 0.25) is 0 Å². The van der Waals surface area contributed by atoms with Gasteiger partial charge in [0.05, 0.1) is 10.5 Å². The van der Waals surface area contributed by atoms with Crippen LogP contribution in [0.3, 0.4) is 0 Å². The molecule has 0 aliphatic heterocycles. The summed E-state index contributed by atoms with van der Waals surface area (Å²) < 4.78 is 4.89. The zero-order valence-electron chi connectivity index (χ0n) is 15.3. The molecule has 2 aromatic rings. The summed E-state index contributed by atoms with van der Waals surface area (Å²) >= 11 is 0. The quantitative estimate of drug-likeness (QED) is 0.363. The number of para-hydroxylation sites is 1. The monoisotopic (exact) mass is 368 g/mol. The Morgan fingerprint density at radius 1 is 1.15 bits per heavy atom. The first-order valence-electron chi connectivity index (χ1n) is 8.24. The van der Waals surface area contributed by atoms with Crippen LogP contribution in [0, 0.1) is 30.9 Å². The molecule has 0 fully saturated rings. The van der Waals surface area contributed by atoms with Crippen LogP contribution in [0.1, 0.15) is 22.3 Å². The first-order chi connectivity index (χ1) is 12.8. The molecule has 0 spiro atoms. The van der Waals surface area contributed by atoms with Gasteiger partial charge in [0.15, 0.2) is 6.61 Å². The highest BCUT2D eigenvalue weighted by Gasteiger charge is 2.12. The molecule has 0 atom stereocenters. The van der Waals surface area contributed by atoms with Gasteiger partial charge in [-0.3, -0.25) is 14.9 Å². The molecule has 0 aliphatic rings. The van der Waals surface area contributed by atoms with E-state index >= 15 is 0 Å². The Bertz CT molecular complexity index is 895. The molecular formula is C20H20N2O5.